The minimum Gasteiger partial charge on any atom is -0.433 e. The van der Waals surface area contributed by atoms with Crippen LogP contribution in [0.3, 0.4) is 0 Å². The van der Waals surface area contributed by atoms with Crippen molar-refractivity contribution in [2.45, 2.75) is 13.5 Å². The number of hydrogen-bond acceptors (Lipinski definition) is 4. The van der Waals surface area contributed by atoms with Crippen molar-refractivity contribution in [2.75, 3.05) is 42.9 Å². The van der Waals surface area contributed by atoms with E-state index >= 15 is 0 Å². The average molecular weight is 410 g/mol. The fourth-order valence-electron chi connectivity index (χ4n) is 3.23. The molecule has 1 fully saturated rings. The first-order valence-corrected chi connectivity index (χ1v) is 9.37. The van der Waals surface area contributed by atoms with Crippen LogP contribution in [0.1, 0.15) is 5.56 Å². The molecule has 1 N–H and O–H groups in total. The average Bonchev–Trinajstić information content (AvgIpc) is 2.65. The number of anilines is 2. The summed E-state index contributed by atoms with van der Waals surface area (Å²) in [6.07, 6.45) is 0. The van der Waals surface area contributed by atoms with E-state index in [9.17, 15) is 13.6 Å². The number of aryl methyl sites for hydroxylation is 1. The first-order valence-electron chi connectivity index (χ1n) is 8.99. The number of benzene rings is 2. The van der Waals surface area contributed by atoms with E-state index in [1.807, 2.05) is 30.0 Å². The molecule has 0 saturated carbocycles. The van der Waals surface area contributed by atoms with E-state index in [1.165, 1.54) is 12.1 Å². The molecule has 0 atom stereocenters. The molecule has 28 heavy (non-hydrogen) atoms. The normalized spacial score (nSPS) is 15.0. The molecule has 1 aliphatic rings. The van der Waals surface area contributed by atoms with Crippen LogP contribution < -0.4 is 15.0 Å². The summed E-state index contributed by atoms with van der Waals surface area (Å²) in [5.74, 6) is -0.315. The van der Waals surface area contributed by atoms with Gasteiger partial charge in [-0.1, -0.05) is 29.8 Å². The predicted molar refractivity (Wildman–Crippen MR) is 107 cm³/mol. The van der Waals surface area contributed by atoms with E-state index in [0.29, 0.717) is 18.1 Å². The van der Waals surface area contributed by atoms with Crippen LogP contribution in [0.15, 0.2) is 42.5 Å². The Hall–Kier alpha value is -2.38. The topological polar surface area (TPSA) is 44.8 Å². The summed E-state index contributed by atoms with van der Waals surface area (Å²) in [5, 5.41) is 3.35. The summed E-state index contributed by atoms with van der Waals surface area (Å²) >= 11 is 6.11. The van der Waals surface area contributed by atoms with E-state index in [1.54, 1.807) is 12.1 Å². The SMILES string of the molecule is Cc1ccc(Cl)cc1N1CCN(CC(=O)Nc2ccccc2OC(F)F)CC1. The Morgan fingerprint density at radius 1 is 1.18 bits per heavy atom. The largest absolute Gasteiger partial charge is 0.433 e. The monoisotopic (exact) mass is 409 g/mol. The third-order valence-corrected chi connectivity index (χ3v) is 4.86. The maximum absolute atomic E-state index is 12.5. The van der Waals surface area contributed by atoms with E-state index < -0.39 is 6.61 Å². The van der Waals surface area contributed by atoms with Crippen molar-refractivity contribution < 1.29 is 18.3 Å². The van der Waals surface area contributed by atoms with Gasteiger partial charge in [-0.3, -0.25) is 9.69 Å². The lowest BCUT2D eigenvalue weighted by atomic mass is 10.1. The molecule has 150 valence electrons. The van der Waals surface area contributed by atoms with Gasteiger partial charge in [-0.15, -0.1) is 0 Å². The van der Waals surface area contributed by atoms with Gasteiger partial charge in [0.15, 0.2) is 0 Å². The van der Waals surface area contributed by atoms with Gasteiger partial charge in [0, 0.05) is 36.9 Å². The molecule has 8 heteroatoms. The van der Waals surface area contributed by atoms with Gasteiger partial charge in [-0.05, 0) is 36.8 Å². The van der Waals surface area contributed by atoms with Crippen molar-refractivity contribution >= 4 is 28.9 Å². The number of piperazine rings is 1. The van der Waals surface area contributed by atoms with Crippen molar-refractivity contribution in [1.82, 2.24) is 4.90 Å². The number of nitrogens with zero attached hydrogens (tertiary/aromatic N) is 2. The van der Waals surface area contributed by atoms with Crippen molar-refractivity contribution in [2.24, 2.45) is 0 Å². The maximum atomic E-state index is 12.5. The Kier molecular flexibility index (Phi) is 6.70. The van der Waals surface area contributed by atoms with Crippen molar-refractivity contribution in [3.8, 4) is 5.75 Å². The second-order valence-corrected chi connectivity index (χ2v) is 7.05. The second-order valence-electron chi connectivity index (χ2n) is 6.62. The molecule has 1 amide bonds. The molecule has 0 aromatic heterocycles. The van der Waals surface area contributed by atoms with Gasteiger partial charge in [-0.2, -0.15) is 8.78 Å². The molecule has 1 aliphatic heterocycles. The predicted octanol–water partition coefficient (Wildman–Crippen LogP) is 4.01. The second kappa shape index (κ2) is 9.21. The van der Waals surface area contributed by atoms with Gasteiger partial charge in [0.25, 0.3) is 0 Å². The summed E-state index contributed by atoms with van der Waals surface area (Å²) in [6, 6.07) is 12.0. The maximum Gasteiger partial charge on any atom is 0.387 e. The van der Waals surface area contributed by atoms with Crippen LogP contribution in [-0.4, -0.2) is 50.1 Å². The third-order valence-electron chi connectivity index (χ3n) is 4.63. The Morgan fingerprint density at radius 3 is 2.61 bits per heavy atom. The summed E-state index contributed by atoms with van der Waals surface area (Å²) in [5.41, 5.74) is 2.50. The number of carbonyl (C=O) groups excluding carboxylic acids is 1. The number of halogens is 3. The molecule has 0 unspecified atom stereocenters. The molecule has 2 aromatic rings. The molecule has 1 heterocycles. The quantitative estimate of drug-likeness (QED) is 0.783. The number of carbonyl (C=O) groups is 1. The Balaban J connectivity index is 1.54. The molecule has 1 saturated heterocycles. The molecule has 0 spiro atoms. The molecule has 0 aliphatic carbocycles. The minimum absolute atomic E-state index is 0.0490. The van der Waals surface area contributed by atoms with Gasteiger partial charge in [0.2, 0.25) is 5.91 Å². The number of alkyl halides is 2. The molecule has 0 radical (unpaired) electrons. The molecule has 3 rings (SSSR count). The van der Waals surface area contributed by atoms with Crippen LogP contribution in [0.5, 0.6) is 5.75 Å². The summed E-state index contributed by atoms with van der Waals surface area (Å²) in [4.78, 5) is 16.6. The zero-order valence-electron chi connectivity index (χ0n) is 15.5. The Morgan fingerprint density at radius 2 is 1.89 bits per heavy atom. The number of hydrogen-bond donors (Lipinski definition) is 1. The van der Waals surface area contributed by atoms with Gasteiger partial charge in [-0.25, -0.2) is 0 Å². The summed E-state index contributed by atoms with van der Waals surface area (Å²) in [6.45, 7) is 2.28. The zero-order valence-corrected chi connectivity index (χ0v) is 16.3. The van der Waals surface area contributed by atoms with E-state index in [-0.39, 0.29) is 23.9 Å². The van der Waals surface area contributed by atoms with Crippen LogP contribution in [0.25, 0.3) is 0 Å². The minimum atomic E-state index is -2.94. The lowest BCUT2D eigenvalue weighted by Crippen LogP contribution is -2.48. The highest BCUT2D eigenvalue weighted by atomic mass is 35.5. The van der Waals surface area contributed by atoms with Gasteiger partial charge >= 0.3 is 6.61 Å². The zero-order chi connectivity index (χ0) is 20.1. The fraction of sp³-hybridized carbons (Fsp3) is 0.350. The van der Waals surface area contributed by atoms with Crippen molar-refractivity contribution in [3.63, 3.8) is 0 Å². The molecule has 5 nitrogen and oxygen atoms in total. The van der Waals surface area contributed by atoms with Crippen LogP contribution in [0.2, 0.25) is 5.02 Å². The van der Waals surface area contributed by atoms with Gasteiger partial charge in [0.1, 0.15) is 5.75 Å². The first-order chi connectivity index (χ1) is 13.4. The molecular weight excluding hydrogens is 388 g/mol. The Labute approximate surface area is 167 Å². The lowest BCUT2D eigenvalue weighted by molar-refractivity contribution is -0.117. The van der Waals surface area contributed by atoms with Crippen LogP contribution in [-0.2, 0) is 4.79 Å². The third kappa shape index (κ3) is 5.33. The van der Waals surface area contributed by atoms with Crippen LogP contribution >= 0.6 is 11.6 Å². The first kappa shape index (κ1) is 20.4. The summed E-state index contributed by atoms with van der Waals surface area (Å²) < 4.78 is 29.4. The molecular formula is C20H22ClF2N3O2. The van der Waals surface area contributed by atoms with Crippen LogP contribution in [0.4, 0.5) is 20.2 Å². The van der Waals surface area contributed by atoms with Crippen LogP contribution in [0, 0.1) is 6.92 Å². The number of rotatable bonds is 6. The lowest BCUT2D eigenvalue weighted by Gasteiger charge is -2.36. The summed E-state index contributed by atoms with van der Waals surface area (Å²) in [7, 11) is 0. The highest BCUT2D eigenvalue weighted by Crippen LogP contribution is 2.26. The van der Waals surface area contributed by atoms with E-state index in [0.717, 1.165) is 24.3 Å². The van der Waals surface area contributed by atoms with E-state index in [2.05, 4.69) is 15.0 Å². The number of amides is 1. The smallest absolute Gasteiger partial charge is 0.387 e. The molecule has 0 bridgehead atoms. The molecule has 2 aromatic carbocycles. The standard InChI is InChI=1S/C20H22ClF2N3O2/c1-14-6-7-15(21)12-17(14)26-10-8-25(9-11-26)13-19(27)24-16-4-2-3-5-18(16)28-20(22)23/h2-7,12,20H,8-11,13H2,1H3,(H,24,27). The highest BCUT2D eigenvalue weighted by Gasteiger charge is 2.21. The van der Waals surface area contributed by atoms with Gasteiger partial charge in [0.05, 0.1) is 12.2 Å². The highest BCUT2D eigenvalue weighted by molar-refractivity contribution is 6.30. The van der Waals surface area contributed by atoms with Gasteiger partial charge < -0.3 is 15.0 Å². The number of ether oxygens (including phenoxy) is 1. The number of para-hydroxylation sites is 2. The van der Waals surface area contributed by atoms with Crippen molar-refractivity contribution in [3.05, 3.63) is 53.1 Å². The van der Waals surface area contributed by atoms with E-state index in [4.69, 9.17) is 11.6 Å². The fourth-order valence-corrected chi connectivity index (χ4v) is 3.40. The Bertz CT molecular complexity index is 827. The van der Waals surface area contributed by atoms with Crippen molar-refractivity contribution in [1.29, 1.82) is 0 Å². The number of nitrogens with one attached hydrogen (secondary N) is 1.